The van der Waals surface area contributed by atoms with Crippen LogP contribution in [0, 0.1) is 13.8 Å². The summed E-state index contributed by atoms with van der Waals surface area (Å²) < 4.78 is 19.3. The summed E-state index contributed by atoms with van der Waals surface area (Å²) in [4.78, 5) is 20.0. The lowest BCUT2D eigenvalue weighted by Crippen LogP contribution is -2.45. The van der Waals surface area contributed by atoms with E-state index < -0.39 is 17.7 Å². The SMILES string of the molecule is Cc1nc(C)c([C@H](OC(C)(C)C)C(=O)O)c2c1-c1ccc(cc1)OC(c1ccc(Cl)cc1)CCCCOC1(C)CCN2CC1. The molecule has 0 radical (unpaired) electrons. The van der Waals surface area contributed by atoms with Gasteiger partial charge in [-0.25, -0.2) is 4.79 Å². The Morgan fingerprint density at radius 2 is 1.70 bits per heavy atom. The van der Waals surface area contributed by atoms with Crippen LogP contribution < -0.4 is 9.64 Å². The molecule has 2 aromatic carbocycles. The molecule has 5 heterocycles. The van der Waals surface area contributed by atoms with Gasteiger partial charge in [0.25, 0.3) is 0 Å². The van der Waals surface area contributed by atoms with Gasteiger partial charge in [0, 0.05) is 47.2 Å². The number of rotatable bonds is 4. The van der Waals surface area contributed by atoms with Crippen molar-refractivity contribution < 1.29 is 24.1 Å². The Balaban J connectivity index is 1.64. The van der Waals surface area contributed by atoms with Gasteiger partial charge in [0.15, 0.2) is 6.10 Å². The Hall–Kier alpha value is -3.13. The fraction of sp³-hybridized carbons (Fsp3) is 0.500. The van der Waals surface area contributed by atoms with Gasteiger partial charge >= 0.3 is 5.97 Å². The van der Waals surface area contributed by atoms with E-state index in [0.29, 0.717) is 22.9 Å². The zero-order valence-electron chi connectivity index (χ0n) is 26.8. The molecule has 0 spiro atoms. The number of fused-ring (bicyclic) bond motifs is 2. The van der Waals surface area contributed by atoms with Crippen molar-refractivity contribution in [1.82, 2.24) is 4.98 Å². The molecule has 3 aromatic rings. The van der Waals surface area contributed by atoms with Gasteiger partial charge in [0.1, 0.15) is 11.9 Å². The number of aliphatic carboxylic acids is 1. The van der Waals surface area contributed by atoms with Gasteiger partial charge in [-0.3, -0.25) is 4.98 Å². The smallest absolute Gasteiger partial charge is 0.337 e. The quantitative estimate of drug-likeness (QED) is 0.313. The van der Waals surface area contributed by atoms with Gasteiger partial charge in [-0.05, 0) is 109 Å². The average Bonchev–Trinajstić information content (AvgIpc) is 2.96. The standard InChI is InChI=1S/C36H45ClN2O5/c1-23-30-26-12-16-28(17-13-26)43-29(25-10-14-27(37)15-11-25)9-7-8-22-42-36(6)18-20-39(21-19-36)32(30)31(24(2)38-23)33(34(40)41)44-35(3,4)5/h10-17,29,33H,7-9,18-22H2,1-6H3,(H,40,41)/t29?,33-/m0/s1. The summed E-state index contributed by atoms with van der Waals surface area (Å²) in [6, 6.07) is 16.0. The van der Waals surface area contributed by atoms with E-state index in [4.69, 9.17) is 30.8 Å². The molecule has 1 fully saturated rings. The lowest BCUT2D eigenvalue weighted by molar-refractivity contribution is -0.160. The number of carbonyl (C=O) groups is 1. The first-order valence-corrected chi connectivity index (χ1v) is 16.0. The number of hydrogen-bond acceptors (Lipinski definition) is 6. The van der Waals surface area contributed by atoms with Crippen LogP contribution in [-0.2, 0) is 14.3 Å². The maximum absolute atomic E-state index is 12.8. The third kappa shape index (κ3) is 7.39. The second-order valence-corrected chi connectivity index (χ2v) is 13.8. The van der Waals surface area contributed by atoms with Crippen molar-refractivity contribution in [3.63, 3.8) is 0 Å². The molecule has 8 heteroatoms. The Bertz CT molecular complexity index is 1460. The molecule has 0 aliphatic carbocycles. The van der Waals surface area contributed by atoms with E-state index in [1.165, 1.54) is 0 Å². The summed E-state index contributed by atoms with van der Waals surface area (Å²) in [7, 11) is 0. The van der Waals surface area contributed by atoms with Crippen LogP contribution in [0.1, 0.15) is 94.5 Å². The average molecular weight is 621 g/mol. The molecule has 7 rings (SSSR count). The van der Waals surface area contributed by atoms with Crippen LogP contribution in [0.2, 0.25) is 5.02 Å². The molecule has 4 bridgehead atoms. The van der Waals surface area contributed by atoms with Crippen LogP contribution in [-0.4, -0.2) is 47.0 Å². The Morgan fingerprint density at radius 1 is 1.05 bits per heavy atom. The van der Waals surface area contributed by atoms with E-state index in [9.17, 15) is 9.90 Å². The minimum atomic E-state index is -1.17. The van der Waals surface area contributed by atoms with E-state index in [2.05, 4.69) is 24.0 Å². The topological polar surface area (TPSA) is 81.1 Å². The van der Waals surface area contributed by atoms with Crippen molar-refractivity contribution in [3.8, 4) is 16.9 Å². The number of piperidine rings is 1. The second-order valence-electron chi connectivity index (χ2n) is 13.3. The van der Waals surface area contributed by atoms with Gasteiger partial charge in [-0.1, -0.05) is 35.9 Å². The molecule has 1 unspecified atom stereocenters. The number of nitrogens with zero attached hydrogens (tertiary/aromatic N) is 2. The molecular weight excluding hydrogens is 576 g/mol. The molecule has 1 saturated heterocycles. The zero-order chi connectivity index (χ0) is 31.6. The first kappa shape index (κ1) is 32.3. The largest absolute Gasteiger partial charge is 0.486 e. The van der Waals surface area contributed by atoms with Crippen molar-refractivity contribution >= 4 is 23.3 Å². The monoisotopic (exact) mass is 620 g/mol. The summed E-state index contributed by atoms with van der Waals surface area (Å²) in [6.07, 6.45) is 3.14. The van der Waals surface area contributed by atoms with Crippen molar-refractivity contribution in [3.05, 3.63) is 76.1 Å². The molecule has 4 aliphatic rings. The van der Waals surface area contributed by atoms with Gasteiger partial charge in [0.2, 0.25) is 0 Å². The third-order valence-electron chi connectivity index (χ3n) is 8.65. The van der Waals surface area contributed by atoms with Crippen molar-refractivity contribution in [2.24, 2.45) is 0 Å². The van der Waals surface area contributed by atoms with Crippen LogP contribution in [0.3, 0.4) is 0 Å². The van der Waals surface area contributed by atoms with Crippen LogP contribution in [0.15, 0.2) is 48.5 Å². The van der Waals surface area contributed by atoms with Crippen molar-refractivity contribution in [2.45, 2.75) is 97.1 Å². The molecule has 2 atom stereocenters. The van der Waals surface area contributed by atoms with Gasteiger partial charge in [-0.2, -0.15) is 0 Å². The van der Waals surface area contributed by atoms with Gasteiger partial charge in [0.05, 0.1) is 16.9 Å². The summed E-state index contributed by atoms with van der Waals surface area (Å²) in [5.74, 6) is -0.261. The zero-order valence-corrected chi connectivity index (χ0v) is 27.5. The summed E-state index contributed by atoms with van der Waals surface area (Å²) in [5.41, 5.74) is 5.04. The minimum absolute atomic E-state index is 0.123. The fourth-order valence-corrected chi connectivity index (χ4v) is 6.48. The molecule has 1 N–H and O–H groups in total. The Labute approximate surface area is 266 Å². The number of pyridine rings is 1. The fourth-order valence-electron chi connectivity index (χ4n) is 6.35. The molecule has 7 nitrogen and oxygen atoms in total. The molecule has 1 aromatic heterocycles. The molecular formula is C36H45ClN2O5. The first-order chi connectivity index (χ1) is 20.8. The third-order valence-corrected chi connectivity index (χ3v) is 8.90. The number of aryl methyl sites for hydroxylation is 2. The number of carboxylic acids is 1. The number of ether oxygens (including phenoxy) is 3. The number of benzene rings is 2. The number of anilines is 1. The van der Waals surface area contributed by atoms with Gasteiger partial charge in [-0.15, -0.1) is 0 Å². The van der Waals surface area contributed by atoms with Crippen LogP contribution >= 0.6 is 11.6 Å². The van der Waals surface area contributed by atoms with Crippen LogP contribution in [0.5, 0.6) is 5.75 Å². The maximum atomic E-state index is 12.8. The minimum Gasteiger partial charge on any atom is -0.486 e. The number of aromatic nitrogens is 1. The lowest BCUT2D eigenvalue weighted by atomic mass is 9.89. The van der Waals surface area contributed by atoms with E-state index >= 15 is 0 Å². The Morgan fingerprint density at radius 3 is 2.32 bits per heavy atom. The predicted octanol–water partition coefficient (Wildman–Crippen LogP) is 8.64. The van der Waals surface area contributed by atoms with Crippen LogP contribution in [0.25, 0.3) is 11.1 Å². The van der Waals surface area contributed by atoms with Crippen molar-refractivity contribution in [1.29, 1.82) is 0 Å². The predicted molar refractivity (Wildman–Crippen MR) is 175 cm³/mol. The lowest BCUT2D eigenvalue weighted by Gasteiger charge is -2.42. The maximum Gasteiger partial charge on any atom is 0.337 e. The number of carboxylic acid groups (broad SMARTS) is 1. The van der Waals surface area contributed by atoms with E-state index in [1.807, 2.05) is 71.0 Å². The highest BCUT2D eigenvalue weighted by Gasteiger charge is 2.38. The summed E-state index contributed by atoms with van der Waals surface area (Å²) >= 11 is 6.18. The summed E-state index contributed by atoms with van der Waals surface area (Å²) in [5, 5.41) is 11.2. The summed E-state index contributed by atoms with van der Waals surface area (Å²) in [6.45, 7) is 13.9. The van der Waals surface area contributed by atoms with Crippen molar-refractivity contribution in [2.75, 3.05) is 24.6 Å². The Kier molecular flexibility index (Phi) is 9.59. The van der Waals surface area contributed by atoms with E-state index in [1.54, 1.807) is 0 Å². The molecule has 236 valence electrons. The number of halogens is 1. The highest BCUT2D eigenvalue weighted by Crippen LogP contribution is 2.45. The molecule has 0 amide bonds. The highest BCUT2D eigenvalue weighted by atomic mass is 35.5. The highest BCUT2D eigenvalue weighted by molar-refractivity contribution is 6.30. The first-order valence-electron chi connectivity index (χ1n) is 15.7. The molecule has 0 saturated carbocycles. The van der Waals surface area contributed by atoms with E-state index in [-0.39, 0.29) is 11.7 Å². The molecule has 44 heavy (non-hydrogen) atoms. The second kappa shape index (κ2) is 13.1. The molecule has 4 aliphatic heterocycles. The van der Waals surface area contributed by atoms with Gasteiger partial charge < -0.3 is 24.2 Å². The number of hydrogen-bond donors (Lipinski definition) is 1. The normalized spacial score (nSPS) is 21.8. The van der Waals surface area contributed by atoms with E-state index in [0.717, 1.165) is 79.0 Å². The van der Waals surface area contributed by atoms with Crippen LogP contribution in [0.4, 0.5) is 5.69 Å².